The first kappa shape index (κ1) is 29.8. The number of para-hydroxylation sites is 1. The molecule has 0 atom stereocenters. The average molecular weight is 514 g/mol. The number of rotatable bonds is 3. The Morgan fingerprint density at radius 1 is 0.514 bits per heavy atom. The van der Waals surface area contributed by atoms with Crippen molar-refractivity contribution >= 4 is 0 Å². The number of benzene rings is 3. The van der Waals surface area contributed by atoms with Gasteiger partial charge in [0.15, 0.2) is 46.5 Å². The van der Waals surface area contributed by atoms with E-state index in [9.17, 15) is 43.9 Å². The van der Waals surface area contributed by atoms with Crippen LogP contribution in [0.5, 0.6) is 5.75 Å². The van der Waals surface area contributed by atoms with Crippen molar-refractivity contribution in [2.24, 2.45) is 0 Å². The van der Waals surface area contributed by atoms with Gasteiger partial charge in [-0.25, -0.2) is 43.9 Å². The van der Waals surface area contributed by atoms with Crippen LogP contribution in [0.4, 0.5) is 43.9 Å². The minimum atomic E-state index is -2.45. The van der Waals surface area contributed by atoms with E-state index < -0.39 is 86.2 Å². The maximum atomic E-state index is 14.2. The number of ether oxygens (including phenoxy) is 1. The molecule has 35 heavy (non-hydrogen) atoms. The standard InChI is InChI=1S/C19H6F10O.C3H8.C2H6/c1-30-19-5(7-9(20)13(24)17(28)14(25)10(7)21)3-2-4-6(19)8-11(22)15(26)18(29)16(27)12(8)23;1-3-2;1-2/h2-4H,1H3;3H2,1-2H3;1-2H3. The first-order chi connectivity index (χ1) is 16.5. The van der Waals surface area contributed by atoms with Crippen LogP contribution in [0.1, 0.15) is 34.1 Å². The van der Waals surface area contributed by atoms with Crippen molar-refractivity contribution in [3.63, 3.8) is 0 Å². The van der Waals surface area contributed by atoms with Crippen LogP contribution in [-0.4, -0.2) is 7.11 Å². The summed E-state index contributed by atoms with van der Waals surface area (Å²) < 4.78 is 142. The maximum Gasteiger partial charge on any atom is 0.200 e. The highest BCUT2D eigenvalue weighted by atomic mass is 19.2. The van der Waals surface area contributed by atoms with Gasteiger partial charge in [-0.15, -0.1) is 0 Å². The Hall–Kier alpha value is -3.24. The van der Waals surface area contributed by atoms with Gasteiger partial charge >= 0.3 is 0 Å². The van der Waals surface area contributed by atoms with Gasteiger partial charge in [0.25, 0.3) is 0 Å². The molecule has 11 heteroatoms. The van der Waals surface area contributed by atoms with E-state index in [-0.39, 0.29) is 0 Å². The molecule has 0 aromatic heterocycles. The summed E-state index contributed by atoms with van der Waals surface area (Å²) in [4.78, 5) is 0. The summed E-state index contributed by atoms with van der Waals surface area (Å²) in [6.45, 7) is 8.25. The monoisotopic (exact) mass is 514 g/mol. The number of hydrogen-bond donors (Lipinski definition) is 0. The molecule has 192 valence electrons. The van der Waals surface area contributed by atoms with Gasteiger partial charge in [0.1, 0.15) is 5.75 Å². The Kier molecular flexibility index (Phi) is 10.6. The molecule has 0 radical (unpaired) electrons. The van der Waals surface area contributed by atoms with Crippen LogP contribution < -0.4 is 4.74 Å². The fourth-order valence-corrected chi connectivity index (χ4v) is 2.83. The molecule has 3 aromatic carbocycles. The third kappa shape index (κ3) is 5.38. The van der Waals surface area contributed by atoms with Gasteiger partial charge < -0.3 is 4.74 Å². The summed E-state index contributed by atoms with van der Waals surface area (Å²) >= 11 is 0. The second kappa shape index (κ2) is 12.5. The minimum Gasteiger partial charge on any atom is -0.495 e. The minimum absolute atomic E-state index is 0.770. The van der Waals surface area contributed by atoms with E-state index >= 15 is 0 Å². The van der Waals surface area contributed by atoms with Crippen LogP contribution in [0.3, 0.4) is 0 Å². The molecular formula is C24H20F10O. The van der Waals surface area contributed by atoms with Gasteiger partial charge in [-0.2, -0.15) is 0 Å². The fraction of sp³-hybridized carbons (Fsp3) is 0.250. The van der Waals surface area contributed by atoms with E-state index in [1.54, 1.807) is 0 Å². The summed E-state index contributed by atoms with van der Waals surface area (Å²) in [6, 6.07) is 2.38. The highest BCUT2D eigenvalue weighted by molar-refractivity contribution is 5.83. The molecule has 0 spiro atoms. The van der Waals surface area contributed by atoms with Crippen molar-refractivity contribution in [3.05, 3.63) is 76.4 Å². The molecule has 1 nitrogen and oxygen atoms in total. The zero-order chi connectivity index (χ0) is 27.2. The van der Waals surface area contributed by atoms with Crippen molar-refractivity contribution in [3.8, 4) is 28.0 Å². The summed E-state index contributed by atoms with van der Waals surface area (Å²) in [7, 11) is 0.792. The van der Waals surface area contributed by atoms with E-state index in [1.165, 1.54) is 6.42 Å². The topological polar surface area (TPSA) is 9.23 Å². The molecule has 0 bridgehead atoms. The molecular weight excluding hydrogens is 494 g/mol. The first-order valence-corrected chi connectivity index (χ1v) is 10.2. The molecule has 0 unspecified atom stereocenters. The van der Waals surface area contributed by atoms with Crippen LogP contribution in [0.25, 0.3) is 22.3 Å². The highest BCUT2D eigenvalue weighted by Crippen LogP contribution is 2.44. The lowest BCUT2D eigenvalue weighted by Crippen LogP contribution is -2.07. The molecule has 0 saturated carbocycles. The van der Waals surface area contributed by atoms with Crippen LogP contribution in [-0.2, 0) is 0 Å². The predicted octanol–water partition coefficient (Wildman–Crippen LogP) is 8.86. The maximum absolute atomic E-state index is 14.2. The predicted molar refractivity (Wildman–Crippen MR) is 111 cm³/mol. The molecule has 0 aliphatic heterocycles. The smallest absolute Gasteiger partial charge is 0.200 e. The van der Waals surface area contributed by atoms with E-state index in [0.29, 0.717) is 0 Å². The summed E-state index contributed by atoms with van der Waals surface area (Å²) in [5, 5.41) is 0. The molecule has 3 rings (SSSR count). The Labute approximate surface area is 195 Å². The van der Waals surface area contributed by atoms with Crippen molar-refractivity contribution in [1.82, 2.24) is 0 Å². The molecule has 0 saturated heterocycles. The molecule has 0 amide bonds. The quantitative estimate of drug-likeness (QED) is 0.193. The van der Waals surface area contributed by atoms with Crippen LogP contribution >= 0.6 is 0 Å². The summed E-state index contributed by atoms with van der Waals surface area (Å²) in [6.07, 6.45) is 1.25. The first-order valence-electron chi connectivity index (χ1n) is 10.2. The summed E-state index contributed by atoms with van der Waals surface area (Å²) in [5.74, 6) is -24.2. The third-order valence-corrected chi connectivity index (χ3v) is 4.18. The average Bonchev–Trinajstić information content (AvgIpc) is 2.86. The van der Waals surface area contributed by atoms with Gasteiger partial charge in [-0.05, 0) is 0 Å². The van der Waals surface area contributed by atoms with Crippen LogP contribution in [0.2, 0.25) is 0 Å². The van der Waals surface area contributed by atoms with Crippen molar-refractivity contribution < 1.29 is 48.6 Å². The Morgan fingerprint density at radius 3 is 0.971 bits per heavy atom. The Balaban J connectivity index is 0.00000114. The van der Waals surface area contributed by atoms with Gasteiger partial charge in [0, 0.05) is 11.1 Å². The second-order valence-corrected chi connectivity index (χ2v) is 6.48. The van der Waals surface area contributed by atoms with E-state index in [0.717, 1.165) is 25.3 Å². The van der Waals surface area contributed by atoms with Gasteiger partial charge in [-0.1, -0.05) is 52.3 Å². The zero-order valence-electron chi connectivity index (χ0n) is 19.1. The molecule has 0 aliphatic carbocycles. The van der Waals surface area contributed by atoms with Gasteiger partial charge in [0.05, 0.1) is 18.2 Å². The molecule has 0 heterocycles. The second-order valence-electron chi connectivity index (χ2n) is 6.48. The molecule has 0 fully saturated rings. The SMILES string of the molecule is CC.CCC.COc1c(-c2c(F)c(F)c(F)c(F)c2F)cccc1-c1c(F)c(F)c(F)c(F)c1F. The van der Waals surface area contributed by atoms with Crippen LogP contribution in [0, 0.1) is 58.2 Å². The van der Waals surface area contributed by atoms with Crippen molar-refractivity contribution in [1.29, 1.82) is 0 Å². The lowest BCUT2D eigenvalue weighted by Gasteiger charge is -2.17. The molecule has 0 aliphatic rings. The number of halogens is 10. The number of methoxy groups -OCH3 is 1. The lowest BCUT2D eigenvalue weighted by molar-refractivity contribution is 0.378. The normalized spacial score (nSPS) is 10.3. The number of hydrogen-bond acceptors (Lipinski definition) is 1. The van der Waals surface area contributed by atoms with Crippen molar-refractivity contribution in [2.45, 2.75) is 34.1 Å². The van der Waals surface area contributed by atoms with E-state index in [1.807, 2.05) is 13.8 Å². The van der Waals surface area contributed by atoms with Crippen molar-refractivity contribution in [2.75, 3.05) is 7.11 Å². The van der Waals surface area contributed by atoms with Crippen LogP contribution in [0.15, 0.2) is 18.2 Å². The Bertz CT molecular complexity index is 1060. The summed E-state index contributed by atoms with van der Waals surface area (Å²) in [5.41, 5.74) is -4.80. The molecule has 0 N–H and O–H groups in total. The third-order valence-electron chi connectivity index (χ3n) is 4.18. The van der Waals surface area contributed by atoms with E-state index in [2.05, 4.69) is 13.8 Å². The Morgan fingerprint density at radius 2 is 0.743 bits per heavy atom. The van der Waals surface area contributed by atoms with Gasteiger partial charge in [-0.3, -0.25) is 0 Å². The highest BCUT2D eigenvalue weighted by Gasteiger charge is 2.32. The largest absolute Gasteiger partial charge is 0.495 e. The zero-order valence-corrected chi connectivity index (χ0v) is 19.1. The van der Waals surface area contributed by atoms with Gasteiger partial charge in [0.2, 0.25) is 11.6 Å². The lowest BCUT2D eigenvalue weighted by atomic mass is 9.95. The van der Waals surface area contributed by atoms with E-state index in [4.69, 9.17) is 4.74 Å². The fourth-order valence-electron chi connectivity index (χ4n) is 2.83. The molecule has 3 aromatic rings.